The fourth-order valence-corrected chi connectivity index (χ4v) is 3.73. The number of alkyl carbamates (subject to hydrolysis) is 1. The van der Waals surface area contributed by atoms with E-state index in [0.717, 1.165) is 32.1 Å². The maximum atomic E-state index is 12.7. The third-order valence-corrected chi connectivity index (χ3v) is 5.56. The number of ether oxygens (including phenoxy) is 1. The largest absolute Gasteiger partial charge is 0.450 e. The molecular formula is C17H27NO4S. The SMILES string of the molecule is CCCCCC(NC(=O)OCCCC)S(=O)(=O)c1ccccc1. The predicted octanol–water partition coefficient (Wildman–Crippen LogP) is 3.89. The molecule has 6 heteroatoms. The van der Waals surface area contributed by atoms with Crippen LogP contribution >= 0.6 is 0 Å². The van der Waals surface area contributed by atoms with E-state index in [1.54, 1.807) is 30.3 Å². The van der Waals surface area contributed by atoms with Gasteiger partial charge in [-0.05, 0) is 25.0 Å². The van der Waals surface area contributed by atoms with Crippen LogP contribution in [0.4, 0.5) is 4.79 Å². The molecule has 0 aliphatic rings. The highest BCUT2D eigenvalue weighted by molar-refractivity contribution is 7.92. The van der Waals surface area contributed by atoms with Crippen LogP contribution < -0.4 is 5.32 Å². The highest BCUT2D eigenvalue weighted by atomic mass is 32.2. The van der Waals surface area contributed by atoms with Crippen LogP contribution in [0.1, 0.15) is 52.4 Å². The molecule has 0 aliphatic carbocycles. The van der Waals surface area contributed by atoms with Crippen LogP contribution in [0.5, 0.6) is 0 Å². The summed E-state index contributed by atoms with van der Waals surface area (Å²) in [5.41, 5.74) is 0. The Kier molecular flexibility index (Phi) is 8.69. The topological polar surface area (TPSA) is 72.5 Å². The standard InChI is InChI=1S/C17H27NO4S/c1-3-5-8-13-16(18-17(19)22-14-6-4-2)23(20,21)15-11-9-7-10-12-15/h7,9-12,16H,3-6,8,13-14H2,1-2H3,(H,18,19). The van der Waals surface area contributed by atoms with Crippen molar-refractivity contribution in [3.05, 3.63) is 30.3 Å². The van der Waals surface area contributed by atoms with Gasteiger partial charge in [0.25, 0.3) is 0 Å². The van der Waals surface area contributed by atoms with Crippen LogP contribution in [0.15, 0.2) is 35.2 Å². The number of hydrogen-bond donors (Lipinski definition) is 1. The van der Waals surface area contributed by atoms with Gasteiger partial charge in [0.1, 0.15) is 5.37 Å². The number of benzene rings is 1. The minimum Gasteiger partial charge on any atom is -0.450 e. The molecule has 0 saturated carbocycles. The number of sulfone groups is 1. The van der Waals surface area contributed by atoms with Gasteiger partial charge in [-0.2, -0.15) is 0 Å². The van der Waals surface area contributed by atoms with Crippen molar-refractivity contribution in [2.45, 2.75) is 62.6 Å². The predicted molar refractivity (Wildman–Crippen MR) is 90.9 cm³/mol. The van der Waals surface area contributed by atoms with Gasteiger partial charge in [-0.15, -0.1) is 0 Å². The van der Waals surface area contributed by atoms with Crippen LogP contribution in [0, 0.1) is 0 Å². The molecule has 0 heterocycles. The summed E-state index contributed by atoms with van der Waals surface area (Å²) in [7, 11) is -3.62. The minimum atomic E-state index is -3.62. The van der Waals surface area contributed by atoms with E-state index < -0.39 is 21.3 Å². The lowest BCUT2D eigenvalue weighted by atomic mass is 10.2. The van der Waals surface area contributed by atoms with Crippen molar-refractivity contribution in [1.29, 1.82) is 0 Å². The monoisotopic (exact) mass is 341 g/mol. The summed E-state index contributed by atoms with van der Waals surface area (Å²) in [4.78, 5) is 12.1. The summed E-state index contributed by atoms with van der Waals surface area (Å²) < 4.78 is 30.5. The Labute approximate surface area is 139 Å². The van der Waals surface area contributed by atoms with Crippen molar-refractivity contribution in [2.75, 3.05) is 6.61 Å². The van der Waals surface area contributed by atoms with Crippen LogP contribution in [-0.4, -0.2) is 26.5 Å². The maximum absolute atomic E-state index is 12.7. The molecule has 0 aromatic heterocycles. The van der Waals surface area contributed by atoms with E-state index in [0.29, 0.717) is 13.0 Å². The number of rotatable bonds is 10. The summed E-state index contributed by atoms with van der Waals surface area (Å²) in [5.74, 6) is 0. The van der Waals surface area contributed by atoms with Crippen LogP contribution in [0.2, 0.25) is 0 Å². The second-order valence-electron chi connectivity index (χ2n) is 5.48. The number of amides is 1. The second kappa shape index (κ2) is 10.3. The third kappa shape index (κ3) is 6.60. The molecule has 0 radical (unpaired) electrons. The quantitative estimate of drug-likeness (QED) is 0.655. The van der Waals surface area contributed by atoms with E-state index in [2.05, 4.69) is 5.32 Å². The average Bonchev–Trinajstić information content (AvgIpc) is 2.55. The van der Waals surface area contributed by atoms with E-state index >= 15 is 0 Å². The average molecular weight is 341 g/mol. The number of nitrogens with one attached hydrogen (secondary N) is 1. The van der Waals surface area contributed by atoms with E-state index in [4.69, 9.17) is 4.74 Å². The number of carbonyl (C=O) groups is 1. The molecule has 0 bridgehead atoms. The number of carbonyl (C=O) groups excluding carboxylic acids is 1. The van der Waals surface area contributed by atoms with Gasteiger partial charge in [-0.1, -0.05) is 57.7 Å². The molecule has 0 saturated heterocycles. The van der Waals surface area contributed by atoms with E-state index in [-0.39, 0.29) is 4.90 Å². The van der Waals surface area contributed by atoms with Gasteiger partial charge >= 0.3 is 6.09 Å². The summed E-state index contributed by atoms with van der Waals surface area (Å²) in [5, 5.41) is 1.57. The zero-order chi connectivity index (χ0) is 17.1. The van der Waals surface area contributed by atoms with Gasteiger partial charge < -0.3 is 10.1 Å². The first-order valence-electron chi connectivity index (χ1n) is 8.24. The maximum Gasteiger partial charge on any atom is 0.408 e. The lowest BCUT2D eigenvalue weighted by molar-refractivity contribution is 0.143. The van der Waals surface area contributed by atoms with E-state index in [1.165, 1.54) is 0 Å². The number of unbranched alkanes of at least 4 members (excludes halogenated alkanes) is 3. The van der Waals surface area contributed by atoms with Crippen LogP contribution in [0.3, 0.4) is 0 Å². The molecule has 0 aliphatic heterocycles. The molecule has 1 aromatic rings. The summed E-state index contributed by atoms with van der Waals surface area (Å²) in [6, 6.07) is 8.21. The van der Waals surface area contributed by atoms with E-state index in [1.807, 2.05) is 13.8 Å². The lowest BCUT2D eigenvalue weighted by Gasteiger charge is -2.19. The second-order valence-corrected chi connectivity index (χ2v) is 7.61. The van der Waals surface area contributed by atoms with Crippen molar-refractivity contribution >= 4 is 15.9 Å². The van der Waals surface area contributed by atoms with E-state index in [9.17, 15) is 13.2 Å². The van der Waals surface area contributed by atoms with Gasteiger partial charge in [0.05, 0.1) is 11.5 Å². The van der Waals surface area contributed by atoms with Crippen molar-refractivity contribution in [3.8, 4) is 0 Å². The Morgan fingerprint density at radius 3 is 2.35 bits per heavy atom. The molecule has 0 spiro atoms. The Balaban J connectivity index is 2.81. The molecule has 0 fully saturated rings. The van der Waals surface area contributed by atoms with Gasteiger partial charge in [-0.25, -0.2) is 13.2 Å². The molecular weight excluding hydrogens is 314 g/mol. The van der Waals surface area contributed by atoms with Gasteiger partial charge in [0.2, 0.25) is 0 Å². The van der Waals surface area contributed by atoms with Gasteiger partial charge in [0.15, 0.2) is 9.84 Å². The Morgan fingerprint density at radius 2 is 1.74 bits per heavy atom. The molecule has 1 atom stereocenters. The Bertz CT molecular complexity index is 557. The molecule has 5 nitrogen and oxygen atoms in total. The zero-order valence-corrected chi connectivity index (χ0v) is 14.8. The lowest BCUT2D eigenvalue weighted by Crippen LogP contribution is -2.41. The van der Waals surface area contributed by atoms with Crippen molar-refractivity contribution in [2.24, 2.45) is 0 Å². The molecule has 1 unspecified atom stereocenters. The molecule has 23 heavy (non-hydrogen) atoms. The van der Waals surface area contributed by atoms with Crippen LogP contribution in [-0.2, 0) is 14.6 Å². The van der Waals surface area contributed by atoms with Gasteiger partial charge in [0, 0.05) is 0 Å². The van der Waals surface area contributed by atoms with Crippen molar-refractivity contribution in [1.82, 2.24) is 5.32 Å². The fraction of sp³-hybridized carbons (Fsp3) is 0.588. The highest BCUT2D eigenvalue weighted by Gasteiger charge is 2.28. The summed E-state index contributed by atoms with van der Waals surface area (Å²) in [6.07, 6.45) is 4.04. The number of hydrogen-bond acceptors (Lipinski definition) is 4. The molecule has 1 amide bonds. The van der Waals surface area contributed by atoms with Crippen molar-refractivity contribution in [3.63, 3.8) is 0 Å². The molecule has 1 N–H and O–H groups in total. The Morgan fingerprint density at radius 1 is 1.09 bits per heavy atom. The third-order valence-electron chi connectivity index (χ3n) is 3.53. The normalized spacial score (nSPS) is 12.6. The minimum absolute atomic E-state index is 0.218. The van der Waals surface area contributed by atoms with Gasteiger partial charge in [-0.3, -0.25) is 0 Å². The molecule has 1 aromatic carbocycles. The first-order valence-corrected chi connectivity index (χ1v) is 9.79. The highest BCUT2D eigenvalue weighted by Crippen LogP contribution is 2.19. The summed E-state index contributed by atoms with van der Waals surface area (Å²) >= 11 is 0. The Hall–Kier alpha value is -1.56. The molecule has 130 valence electrons. The molecule has 1 rings (SSSR count). The van der Waals surface area contributed by atoms with Crippen molar-refractivity contribution < 1.29 is 17.9 Å². The smallest absolute Gasteiger partial charge is 0.408 e. The fourth-order valence-electron chi connectivity index (χ4n) is 2.14. The summed E-state index contributed by atoms with van der Waals surface area (Å²) in [6.45, 7) is 4.34. The van der Waals surface area contributed by atoms with Crippen LogP contribution in [0.25, 0.3) is 0 Å². The first-order chi connectivity index (χ1) is 11.0. The zero-order valence-electron chi connectivity index (χ0n) is 14.0. The first kappa shape index (κ1) is 19.5.